The van der Waals surface area contributed by atoms with Crippen molar-refractivity contribution in [3.05, 3.63) is 53.6 Å². The molecule has 1 heterocycles. The third-order valence-corrected chi connectivity index (χ3v) is 5.20. The summed E-state index contributed by atoms with van der Waals surface area (Å²) >= 11 is 0. The van der Waals surface area contributed by atoms with Gasteiger partial charge in [0.25, 0.3) is 5.91 Å². The number of ether oxygens (including phenoxy) is 3. The van der Waals surface area contributed by atoms with Crippen LogP contribution < -0.4 is 14.2 Å². The van der Waals surface area contributed by atoms with Crippen LogP contribution in [-0.2, 0) is 6.42 Å². The van der Waals surface area contributed by atoms with Crippen LogP contribution >= 0.6 is 12.4 Å². The van der Waals surface area contributed by atoms with Crippen LogP contribution in [0.5, 0.6) is 17.2 Å². The zero-order chi connectivity index (χ0) is 20.6. The Hall–Kier alpha value is -2.44. The van der Waals surface area contributed by atoms with Gasteiger partial charge < -0.3 is 24.0 Å². The van der Waals surface area contributed by atoms with Crippen LogP contribution in [0.4, 0.5) is 0 Å². The summed E-state index contributed by atoms with van der Waals surface area (Å²) in [6.45, 7) is 2.91. The Labute approximate surface area is 185 Å². The van der Waals surface area contributed by atoms with Gasteiger partial charge in [0.15, 0.2) is 18.2 Å². The van der Waals surface area contributed by atoms with E-state index < -0.39 is 0 Å². The predicted octanol–water partition coefficient (Wildman–Crippen LogP) is 3.87. The molecule has 7 heteroatoms. The maximum atomic E-state index is 12.8. The van der Waals surface area contributed by atoms with Gasteiger partial charge in [0.2, 0.25) is 0 Å². The number of rotatable bonds is 10. The molecular weight excluding hydrogens is 404 g/mol. The third-order valence-electron chi connectivity index (χ3n) is 5.20. The van der Waals surface area contributed by atoms with Gasteiger partial charge in [-0.15, -0.1) is 12.4 Å². The van der Waals surface area contributed by atoms with E-state index in [0.717, 1.165) is 32.4 Å². The summed E-state index contributed by atoms with van der Waals surface area (Å²) < 4.78 is 16.4. The molecule has 0 saturated carbocycles. The lowest BCUT2D eigenvalue weighted by Crippen LogP contribution is -2.40. The molecule has 0 aromatic heterocycles. The number of carbonyl (C=O) groups excluding carboxylic acids is 1. The van der Waals surface area contributed by atoms with E-state index in [1.165, 1.54) is 5.56 Å². The fraction of sp³-hybridized carbons (Fsp3) is 0.435. The fourth-order valence-electron chi connectivity index (χ4n) is 3.53. The van der Waals surface area contributed by atoms with E-state index in [-0.39, 0.29) is 25.0 Å². The molecule has 0 radical (unpaired) electrons. The smallest absolute Gasteiger partial charge is 0.260 e. The van der Waals surface area contributed by atoms with Crippen molar-refractivity contribution in [2.24, 2.45) is 0 Å². The third kappa shape index (κ3) is 6.03. The second kappa shape index (κ2) is 11.7. The minimum Gasteiger partial charge on any atom is -0.493 e. The molecule has 164 valence electrons. The molecule has 30 heavy (non-hydrogen) atoms. The zero-order valence-electron chi connectivity index (χ0n) is 17.9. The molecule has 0 fully saturated rings. The molecule has 0 aliphatic carbocycles. The number of hydrogen-bond donors (Lipinski definition) is 0. The number of halogens is 1. The second-order valence-corrected chi connectivity index (χ2v) is 7.29. The Balaban J connectivity index is 0.00000320. The Bertz CT molecular complexity index is 816. The SMILES string of the molecule is COc1cc2c(cc1OC)C(=O)N(CCCN(C)CCCc1ccccc1)CO2.Cl. The highest BCUT2D eigenvalue weighted by Crippen LogP contribution is 2.37. The molecule has 1 aliphatic heterocycles. The van der Waals surface area contributed by atoms with E-state index in [0.29, 0.717) is 29.4 Å². The summed E-state index contributed by atoms with van der Waals surface area (Å²) in [5, 5.41) is 0. The summed E-state index contributed by atoms with van der Waals surface area (Å²) in [7, 11) is 5.26. The van der Waals surface area contributed by atoms with Gasteiger partial charge >= 0.3 is 0 Å². The molecule has 2 aromatic rings. The summed E-state index contributed by atoms with van der Waals surface area (Å²) in [5.74, 6) is 1.61. The fourth-order valence-corrected chi connectivity index (χ4v) is 3.53. The number of methoxy groups -OCH3 is 2. The number of benzene rings is 2. The lowest BCUT2D eigenvalue weighted by molar-refractivity contribution is 0.0510. The van der Waals surface area contributed by atoms with E-state index in [1.54, 1.807) is 31.3 Å². The van der Waals surface area contributed by atoms with E-state index in [4.69, 9.17) is 14.2 Å². The van der Waals surface area contributed by atoms with Crippen LogP contribution in [-0.4, -0.2) is 63.3 Å². The van der Waals surface area contributed by atoms with Crippen molar-refractivity contribution in [1.82, 2.24) is 9.80 Å². The molecular formula is C23H31ClN2O4. The van der Waals surface area contributed by atoms with Gasteiger partial charge in [0.05, 0.1) is 19.8 Å². The van der Waals surface area contributed by atoms with Crippen LogP contribution in [0.15, 0.2) is 42.5 Å². The predicted molar refractivity (Wildman–Crippen MR) is 120 cm³/mol. The number of hydrogen-bond acceptors (Lipinski definition) is 5. The van der Waals surface area contributed by atoms with Gasteiger partial charge in [0, 0.05) is 18.7 Å². The minimum atomic E-state index is -0.0288. The zero-order valence-corrected chi connectivity index (χ0v) is 18.7. The molecule has 1 aliphatic rings. The standard InChI is InChI=1S/C23H30N2O4.ClH/c1-24(12-7-11-18-9-5-4-6-10-18)13-8-14-25-17-29-20-16-22(28-3)21(27-2)15-19(20)23(25)26;/h4-6,9-10,15-16H,7-8,11-14,17H2,1-3H3;1H. The van der Waals surface area contributed by atoms with Gasteiger partial charge in [-0.25, -0.2) is 0 Å². The minimum absolute atomic E-state index is 0. The van der Waals surface area contributed by atoms with E-state index in [2.05, 4.69) is 36.2 Å². The van der Waals surface area contributed by atoms with Gasteiger partial charge in [0.1, 0.15) is 5.75 Å². The Kier molecular flexibility index (Phi) is 9.27. The second-order valence-electron chi connectivity index (χ2n) is 7.29. The van der Waals surface area contributed by atoms with E-state index in [9.17, 15) is 4.79 Å². The summed E-state index contributed by atoms with van der Waals surface area (Å²) in [6, 6.07) is 14.0. The normalized spacial score (nSPS) is 12.8. The molecule has 2 aromatic carbocycles. The lowest BCUT2D eigenvalue weighted by Gasteiger charge is -2.30. The number of aryl methyl sites for hydroxylation is 1. The Morgan fingerprint density at radius 2 is 1.70 bits per heavy atom. The number of nitrogens with zero attached hydrogens (tertiary/aromatic N) is 2. The average molecular weight is 435 g/mol. The Morgan fingerprint density at radius 3 is 2.40 bits per heavy atom. The van der Waals surface area contributed by atoms with E-state index >= 15 is 0 Å². The van der Waals surface area contributed by atoms with Gasteiger partial charge in [-0.05, 0) is 45.0 Å². The topological polar surface area (TPSA) is 51.2 Å². The molecule has 0 bridgehead atoms. The first-order chi connectivity index (χ1) is 14.1. The largest absolute Gasteiger partial charge is 0.493 e. The molecule has 1 amide bonds. The average Bonchev–Trinajstić information content (AvgIpc) is 2.75. The van der Waals surface area contributed by atoms with Crippen molar-refractivity contribution in [3.63, 3.8) is 0 Å². The molecule has 0 spiro atoms. The van der Waals surface area contributed by atoms with Gasteiger partial charge in [-0.2, -0.15) is 0 Å². The van der Waals surface area contributed by atoms with Crippen molar-refractivity contribution < 1.29 is 19.0 Å². The van der Waals surface area contributed by atoms with Gasteiger partial charge in [-0.1, -0.05) is 30.3 Å². The first-order valence-electron chi connectivity index (χ1n) is 10.0. The first kappa shape index (κ1) is 23.8. The van der Waals surface area contributed by atoms with Crippen molar-refractivity contribution in [3.8, 4) is 17.2 Å². The lowest BCUT2D eigenvalue weighted by atomic mass is 10.1. The first-order valence-corrected chi connectivity index (χ1v) is 10.0. The van der Waals surface area contributed by atoms with Crippen molar-refractivity contribution in [2.75, 3.05) is 47.6 Å². The molecule has 0 atom stereocenters. The number of amides is 1. The van der Waals surface area contributed by atoms with Crippen molar-refractivity contribution >= 4 is 18.3 Å². The number of fused-ring (bicyclic) bond motifs is 1. The molecule has 0 unspecified atom stereocenters. The monoisotopic (exact) mass is 434 g/mol. The highest BCUT2D eigenvalue weighted by atomic mass is 35.5. The van der Waals surface area contributed by atoms with Crippen LogP contribution in [0.1, 0.15) is 28.8 Å². The van der Waals surface area contributed by atoms with Crippen LogP contribution in [0.2, 0.25) is 0 Å². The summed E-state index contributed by atoms with van der Waals surface area (Å²) in [5.41, 5.74) is 1.90. The molecule has 6 nitrogen and oxygen atoms in total. The van der Waals surface area contributed by atoms with Crippen molar-refractivity contribution in [2.45, 2.75) is 19.3 Å². The highest BCUT2D eigenvalue weighted by molar-refractivity contribution is 5.98. The quantitative estimate of drug-likeness (QED) is 0.568. The molecule has 0 N–H and O–H groups in total. The molecule has 3 rings (SSSR count). The summed E-state index contributed by atoms with van der Waals surface area (Å²) in [4.78, 5) is 16.9. The van der Waals surface area contributed by atoms with Crippen molar-refractivity contribution in [1.29, 1.82) is 0 Å². The van der Waals surface area contributed by atoms with Crippen LogP contribution in [0.25, 0.3) is 0 Å². The maximum Gasteiger partial charge on any atom is 0.260 e. The van der Waals surface area contributed by atoms with Gasteiger partial charge in [-0.3, -0.25) is 4.79 Å². The van der Waals surface area contributed by atoms with Crippen LogP contribution in [0.3, 0.4) is 0 Å². The summed E-state index contributed by atoms with van der Waals surface area (Å²) in [6.07, 6.45) is 3.12. The van der Waals surface area contributed by atoms with E-state index in [1.807, 2.05) is 6.07 Å². The maximum absolute atomic E-state index is 12.8. The number of carbonyl (C=O) groups is 1. The molecule has 0 saturated heterocycles. The van der Waals surface area contributed by atoms with Crippen LogP contribution in [0, 0.1) is 0 Å². The highest BCUT2D eigenvalue weighted by Gasteiger charge is 2.27. The Morgan fingerprint density at radius 1 is 1.03 bits per heavy atom.